The molecular formula is C14H15NO4S2. The van der Waals surface area contributed by atoms with E-state index in [0.29, 0.717) is 6.42 Å². The smallest absolute Gasteiger partial charge is 0.347 e. The van der Waals surface area contributed by atoms with Crippen molar-refractivity contribution in [2.24, 2.45) is 0 Å². The van der Waals surface area contributed by atoms with Crippen molar-refractivity contribution in [3.05, 3.63) is 51.7 Å². The monoisotopic (exact) mass is 325 g/mol. The lowest BCUT2D eigenvalue weighted by Gasteiger charge is -2.07. The molecule has 0 saturated carbocycles. The van der Waals surface area contributed by atoms with Gasteiger partial charge in [0.15, 0.2) is 0 Å². The van der Waals surface area contributed by atoms with Crippen molar-refractivity contribution in [2.45, 2.75) is 18.2 Å². The first-order valence-electron chi connectivity index (χ1n) is 6.26. The molecule has 0 aliphatic heterocycles. The number of aromatic carboxylic acids is 1. The number of benzene rings is 1. The highest BCUT2D eigenvalue weighted by Gasteiger charge is 2.23. The molecule has 0 bridgehead atoms. The zero-order valence-corrected chi connectivity index (χ0v) is 13.0. The molecule has 5 nitrogen and oxygen atoms in total. The van der Waals surface area contributed by atoms with Gasteiger partial charge in [0.2, 0.25) is 10.0 Å². The molecule has 1 aromatic heterocycles. The van der Waals surface area contributed by atoms with Crippen LogP contribution in [0.2, 0.25) is 0 Å². The first kappa shape index (κ1) is 15.7. The number of carboxylic acid groups (broad SMARTS) is 1. The summed E-state index contributed by atoms with van der Waals surface area (Å²) in [7, 11) is -3.79. The minimum atomic E-state index is -3.79. The number of hydrogen-bond donors (Lipinski definition) is 2. The first-order valence-corrected chi connectivity index (χ1v) is 8.62. The number of thiophene rings is 1. The van der Waals surface area contributed by atoms with Crippen molar-refractivity contribution in [1.82, 2.24) is 4.72 Å². The summed E-state index contributed by atoms with van der Waals surface area (Å²) in [6, 6.07) is 9.11. The van der Waals surface area contributed by atoms with E-state index >= 15 is 0 Å². The Morgan fingerprint density at radius 1 is 1.33 bits per heavy atom. The minimum absolute atomic E-state index is 0.168. The second kappa shape index (κ2) is 6.38. The Labute approximate surface area is 127 Å². The van der Waals surface area contributed by atoms with E-state index in [1.54, 1.807) is 0 Å². The lowest BCUT2D eigenvalue weighted by atomic mass is 10.1. The number of rotatable bonds is 6. The molecule has 0 aliphatic rings. The van der Waals surface area contributed by atoms with Gasteiger partial charge in [-0.3, -0.25) is 0 Å². The molecule has 0 aliphatic carbocycles. The van der Waals surface area contributed by atoms with E-state index < -0.39 is 16.0 Å². The molecule has 0 spiro atoms. The molecule has 7 heteroatoms. The minimum Gasteiger partial charge on any atom is -0.477 e. The SMILES string of the molecule is Cc1cccc(CCNS(=O)(=O)c2ccsc2C(=O)O)c1. The fourth-order valence-corrected chi connectivity index (χ4v) is 4.23. The van der Waals surface area contributed by atoms with Crippen LogP contribution >= 0.6 is 11.3 Å². The number of carboxylic acids is 1. The van der Waals surface area contributed by atoms with Crippen LogP contribution in [-0.2, 0) is 16.4 Å². The van der Waals surface area contributed by atoms with Crippen molar-refractivity contribution in [3.63, 3.8) is 0 Å². The van der Waals surface area contributed by atoms with Gasteiger partial charge in [-0.05, 0) is 30.4 Å². The van der Waals surface area contributed by atoms with Gasteiger partial charge in [-0.2, -0.15) is 0 Å². The Morgan fingerprint density at radius 2 is 2.10 bits per heavy atom. The van der Waals surface area contributed by atoms with Crippen LogP contribution in [0, 0.1) is 6.92 Å². The fraction of sp³-hybridized carbons (Fsp3) is 0.214. The summed E-state index contributed by atoms with van der Waals surface area (Å²) in [5.74, 6) is -1.23. The summed E-state index contributed by atoms with van der Waals surface area (Å²) in [5, 5.41) is 10.4. The third kappa shape index (κ3) is 3.90. The van der Waals surface area contributed by atoms with Gasteiger partial charge in [0.05, 0.1) is 0 Å². The molecule has 0 atom stereocenters. The molecule has 0 fully saturated rings. The van der Waals surface area contributed by atoms with Gasteiger partial charge in [-0.15, -0.1) is 11.3 Å². The van der Waals surface area contributed by atoms with E-state index in [2.05, 4.69) is 4.72 Å². The first-order chi connectivity index (χ1) is 9.90. The van der Waals surface area contributed by atoms with Crippen LogP contribution in [-0.4, -0.2) is 26.0 Å². The molecule has 2 N–H and O–H groups in total. The van der Waals surface area contributed by atoms with Crippen LogP contribution in [0.4, 0.5) is 0 Å². The predicted molar refractivity (Wildman–Crippen MR) is 81.3 cm³/mol. The number of carbonyl (C=O) groups is 1. The molecular weight excluding hydrogens is 310 g/mol. The summed E-state index contributed by atoms with van der Waals surface area (Å²) in [6.07, 6.45) is 0.549. The van der Waals surface area contributed by atoms with Crippen LogP contribution < -0.4 is 4.72 Å². The highest BCUT2D eigenvalue weighted by molar-refractivity contribution is 7.89. The van der Waals surface area contributed by atoms with Crippen LogP contribution in [0.5, 0.6) is 0 Å². The maximum absolute atomic E-state index is 12.1. The van der Waals surface area contributed by atoms with Gasteiger partial charge in [-0.25, -0.2) is 17.9 Å². The average molecular weight is 325 g/mol. The maximum atomic E-state index is 12.1. The summed E-state index contributed by atoms with van der Waals surface area (Å²) in [6.45, 7) is 2.19. The van der Waals surface area contributed by atoms with Crippen molar-refractivity contribution < 1.29 is 18.3 Å². The number of aryl methyl sites for hydroxylation is 1. The highest BCUT2D eigenvalue weighted by atomic mass is 32.2. The summed E-state index contributed by atoms with van der Waals surface area (Å²) in [4.78, 5) is 10.6. The lowest BCUT2D eigenvalue weighted by Crippen LogP contribution is -2.26. The van der Waals surface area contributed by atoms with E-state index in [0.717, 1.165) is 22.5 Å². The molecule has 0 saturated heterocycles. The van der Waals surface area contributed by atoms with Crippen molar-refractivity contribution in [1.29, 1.82) is 0 Å². The van der Waals surface area contributed by atoms with Gasteiger partial charge in [-0.1, -0.05) is 29.8 Å². The molecule has 1 heterocycles. The molecule has 2 rings (SSSR count). The third-order valence-electron chi connectivity index (χ3n) is 2.90. The molecule has 21 heavy (non-hydrogen) atoms. The Morgan fingerprint density at radius 3 is 2.76 bits per heavy atom. The van der Waals surface area contributed by atoms with Crippen LogP contribution in [0.3, 0.4) is 0 Å². The quantitative estimate of drug-likeness (QED) is 0.853. The molecule has 0 unspecified atom stereocenters. The van der Waals surface area contributed by atoms with Gasteiger partial charge in [0.25, 0.3) is 0 Å². The molecule has 0 radical (unpaired) electrons. The standard InChI is InChI=1S/C14H15NO4S2/c1-10-3-2-4-11(9-10)5-7-15-21(18,19)12-6-8-20-13(12)14(16)17/h2-4,6,8-9,15H,5,7H2,1H3,(H,16,17). The zero-order chi connectivity index (χ0) is 15.5. The fourth-order valence-electron chi connectivity index (χ4n) is 1.94. The summed E-state index contributed by atoms with van der Waals surface area (Å²) in [5.41, 5.74) is 2.14. The van der Waals surface area contributed by atoms with E-state index in [1.807, 2.05) is 31.2 Å². The van der Waals surface area contributed by atoms with Crippen molar-refractivity contribution in [2.75, 3.05) is 6.54 Å². The molecule has 2 aromatic rings. The van der Waals surface area contributed by atoms with Gasteiger partial charge < -0.3 is 5.11 Å². The van der Waals surface area contributed by atoms with Crippen molar-refractivity contribution in [3.8, 4) is 0 Å². The maximum Gasteiger partial charge on any atom is 0.347 e. The molecule has 1 aromatic carbocycles. The van der Waals surface area contributed by atoms with Crippen LogP contribution in [0.15, 0.2) is 40.6 Å². The lowest BCUT2D eigenvalue weighted by molar-refractivity contribution is 0.0698. The Hall–Kier alpha value is -1.70. The van der Waals surface area contributed by atoms with Gasteiger partial charge >= 0.3 is 5.97 Å². The van der Waals surface area contributed by atoms with E-state index in [9.17, 15) is 13.2 Å². The average Bonchev–Trinajstić information content (AvgIpc) is 2.88. The largest absolute Gasteiger partial charge is 0.477 e. The van der Waals surface area contributed by atoms with Gasteiger partial charge in [0.1, 0.15) is 9.77 Å². The zero-order valence-electron chi connectivity index (χ0n) is 11.4. The van der Waals surface area contributed by atoms with Crippen molar-refractivity contribution >= 4 is 27.3 Å². The Kier molecular flexibility index (Phi) is 4.76. The number of nitrogens with one attached hydrogen (secondary N) is 1. The molecule has 0 amide bonds. The second-order valence-electron chi connectivity index (χ2n) is 4.56. The highest BCUT2D eigenvalue weighted by Crippen LogP contribution is 2.21. The predicted octanol–water partition coefficient (Wildman–Crippen LogP) is 2.28. The van der Waals surface area contributed by atoms with Crippen LogP contribution in [0.1, 0.15) is 20.8 Å². The van der Waals surface area contributed by atoms with Gasteiger partial charge in [0, 0.05) is 6.54 Å². The van der Waals surface area contributed by atoms with E-state index in [1.165, 1.54) is 11.4 Å². The third-order valence-corrected chi connectivity index (χ3v) is 5.44. The summed E-state index contributed by atoms with van der Waals surface area (Å²) < 4.78 is 26.7. The Balaban J connectivity index is 2.05. The topological polar surface area (TPSA) is 83.5 Å². The van der Waals surface area contributed by atoms with E-state index in [-0.39, 0.29) is 16.3 Å². The van der Waals surface area contributed by atoms with Crippen LogP contribution in [0.25, 0.3) is 0 Å². The van der Waals surface area contributed by atoms with E-state index in [4.69, 9.17) is 5.11 Å². The molecule has 112 valence electrons. The number of hydrogen-bond acceptors (Lipinski definition) is 4. The number of sulfonamides is 1. The normalized spacial score (nSPS) is 11.5. The second-order valence-corrected chi connectivity index (χ2v) is 7.21. The summed E-state index contributed by atoms with van der Waals surface area (Å²) >= 11 is 0.898. The Bertz CT molecular complexity index is 750.